The Morgan fingerprint density at radius 3 is 3.28 bits per heavy atom. The normalized spacial score (nSPS) is 25.6. The number of carbonyl (C=O) groups excluding carboxylic acids is 1. The van der Waals surface area contributed by atoms with Crippen LogP contribution in [0.4, 0.5) is 11.4 Å². The van der Waals surface area contributed by atoms with Gasteiger partial charge in [0, 0.05) is 22.8 Å². The highest BCUT2D eigenvalue weighted by Gasteiger charge is 2.38. The molecule has 6 heteroatoms. The van der Waals surface area contributed by atoms with E-state index in [9.17, 15) is 4.79 Å². The molecular weight excluding hydrogens is 232 g/mol. The number of methoxy groups -OCH3 is 1. The summed E-state index contributed by atoms with van der Waals surface area (Å²) in [7, 11) is 1.36. The lowest BCUT2D eigenvalue weighted by Gasteiger charge is -2.35. The van der Waals surface area contributed by atoms with Gasteiger partial charge < -0.3 is 20.4 Å². The van der Waals surface area contributed by atoms with E-state index in [4.69, 9.17) is 8.85 Å². The zero-order chi connectivity index (χ0) is 15.3. The first kappa shape index (κ1) is 8.10. The summed E-state index contributed by atoms with van der Waals surface area (Å²) in [4.78, 5) is 19.4. The standard InChI is InChI=1S/C12H14N4O2/c1-12(6-18-2)11(17)15-8-5-14-10-7(3-4-13-10)9(8)16-12/h3-5,16H,6H2,1-2H3,(H,13,14)(H,15,17)/t12-/m0/s1/i1D3. The Hall–Kier alpha value is -2.08. The molecule has 0 radical (unpaired) electrons. The topological polar surface area (TPSA) is 79.0 Å². The van der Waals surface area contributed by atoms with Crippen LogP contribution in [0.25, 0.3) is 11.0 Å². The maximum Gasteiger partial charge on any atom is 0.252 e. The minimum absolute atomic E-state index is 0.275. The van der Waals surface area contributed by atoms with Crippen LogP contribution in [0.5, 0.6) is 0 Å². The number of anilines is 2. The smallest absolute Gasteiger partial charge is 0.252 e. The Balaban J connectivity index is 2.19. The van der Waals surface area contributed by atoms with E-state index in [1.165, 1.54) is 13.3 Å². The van der Waals surface area contributed by atoms with Gasteiger partial charge in [0.25, 0.3) is 5.91 Å². The third kappa shape index (κ3) is 1.46. The molecule has 1 amide bonds. The van der Waals surface area contributed by atoms with Gasteiger partial charge in [-0.05, 0) is 12.9 Å². The predicted molar refractivity (Wildman–Crippen MR) is 68.6 cm³/mol. The van der Waals surface area contributed by atoms with E-state index in [0.29, 0.717) is 22.4 Å². The van der Waals surface area contributed by atoms with Crippen molar-refractivity contribution < 1.29 is 13.6 Å². The van der Waals surface area contributed by atoms with Crippen LogP contribution in [0.2, 0.25) is 0 Å². The average molecular weight is 249 g/mol. The SMILES string of the molecule is [2H]C([2H])([2H])[C@@]1(COC)Nc2c(cnc3[nH]ccc23)NC1=O. The highest BCUT2D eigenvalue weighted by Crippen LogP contribution is 2.35. The summed E-state index contributed by atoms with van der Waals surface area (Å²) in [5, 5.41) is 6.18. The van der Waals surface area contributed by atoms with Crippen molar-refractivity contribution >= 4 is 28.3 Å². The second kappa shape index (κ2) is 3.71. The molecule has 3 N–H and O–H groups in total. The van der Waals surface area contributed by atoms with E-state index >= 15 is 0 Å². The second-order valence-electron chi connectivity index (χ2n) is 4.20. The number of hydrogen-bond donors (Lipinski definition) is 3. The molecule has 0 saturated heterocycles. The number of aromatic amines is 1. The van der Waals surface area contributed by atoms with Gasteiger partial charge in [-0.25, -0.2) is 4.98 Å². The van der Waals surface area contributed by atoms with Crippen molar-refractivity contribution in [3.8, 4) is 0 Å². The monoisotopic (exact) mass is 249 g/mol. The fourth-order valence-electron chi connectivity index (χ4n) is 2.05. The van der Waals surface area contributed by atoms with Crippen molar-refractivity contribution in [3.63, 3.8) is 0 Å². The maximum absolute atomic E-state index is 12.3. The Morgan fingerprint density at radius 2 is 2.50 bits per heavy atom. The number of rotatable bonds is 2. The predicted octanol–water partition coefficient (Wildman–Crippen LogP) is 1.33. The van der Waals surface area contributed by atoms with Gasteiger partial charge in [-0.2, -0.15) is 0 Å². The van der Waals surface area contributed by atoms with E-state index in [0.717, 1.165) is 0 Å². The van der Waals surface area contributed by atoms with E-state index in [1.54, 1.807) is 12.3 Å². The van der Waals surface area contributed by atoms with Crippen LogP contribution < -0.4 is 10.6 Å². The maximum atomic E-state index is 12.3. The Morgan fingerprint density at radius 1 is 1.61 bits per heavy atom. The highest BCUT2D eigenvalue weighted by molar-refractivity contribution is 6.11. The molecule has 0 saturated carbocycles. The van der Waals surface area contributed by atoms with E-state index in [1.807, 2.05) is 0 Å². The minimum atomic E-state index is -2.57. The number of amides is 1. The zero-order valence-corrected chi connectivity index (χ0v) is 9.70. The van der Waals surface area contributed by atoms with E-state index in [-0.39, 0.29) is 6.61 Å². The van der Waals surface area contributed by atoms with Crippen molar-refractivity contribution in [3.05, 3.63) is 18.5 Å². The number of ether oxygens (including phenoxy) is 1. The van der Waals surface area contributed by atoms with E-state index in [2.05, 4.69) is 20.6 Å². The van der Waals surface area contributed by atoms with Gasteiger partial charge in [-0.1, -0.05) is 0 Å². The molecule has 18 heavy (non-hydrogen) atoms. The van der Waals surface area contributed by atoms with Gasteiger partial charge in [0.1, 0.15) is 11.2 Å². The Kier molecular flexibility index (Phi) is 1.67. The molecule has 2 aromatic heterocycles. The first-order valence-electron chi connectivity index (χ1n) is 6.94. The third-order valence-corrected chi connectivity index (χ3v) is 2.92. The molecular formula is C12H14N4O2. The quantitative estimate of drug-likeness (QED) is 0.750. The molecule has 94 valence electrons. The van der Waals surface area contributed by atoms with Crippen LogP contribution in [-0.4, -0.2) is 35.1 Å². The zero-order valence-electron chi connectivity index (χ0n) is 12.7. The number of nitrogens with one attached hydrogen (secondary N) is 3. The lowest BCUT2D eigenvalue weighted by atomic mass is 9.98. The minimum Gasteiger partial charge on any atom is -0.382 e. The molecule has 1 aliphatic heterocycles. The van der Waals surface area contributed by atoms with Gasteiger partial charge in [-0.15, -0.1) is 0 Å². The molecule has 3 heterocycles. The molecule has 1 atom stereocenters. The van der Waals surface area contributed by atoms with Crippen molar-refractivity contribution in [2.45, 2.75) is 12.4 Å². The molecule has 3 rings (SSSR count). The van der Waals surface area contributed by atoms with Gasteiger partial charge in [-0.3, -0.25) is 4.79 Å². The molecule has 2 aromatic rings. The Bertz CT molecular complexity index is 712. The number of pyridine rings is 1. The second-order valence-corrected chi connectivity index (χ2v) is 4.20. The summed E-state index contributed by atoms with van der Waals surface area (Å²) >= 11 is 0. The summed E-state index contributed by atoms with van der Waals surface area (Å²) in [5.41, 5.74) is -0.258. The average Bonchev–Trinajstić information content (AvgIpc) is 2.87. The van der Waals surface area contributed by atoms with Crippen LogP contribution in [0, 0.1) is 0 Å². The molecule has 0 unspecified atom stereocenters. The lowest BCUT2D eigenvalue weighted by Crippen LogP contribution is -2.53. The van der Waals surface area contributed by atoms with Crippen molar-refractivity contribution in [1.29, 1.82) is 0 Å². The summed E-state index contributed by atoms with van der Waals surface area (Å²) in [5.74, 6) is -0.659. The van der Waals surface area contributed by atoms with Gasteiger partial charge >= 0.3 is 0 Å². The van der Waals surface area contributed by atoms with Crippen LogP contribution in [0.15, 0.2) is 18.5 Å². The molecule has 6 nitrogen and oxygen atoms in total. The number of carbonyl (C=O) groups is 1. The molecule has 1 aliphatic rings. The summed E-state index contributed by atoms with van der Waals surface area (Å²) in [6.07, 6.45) is 3.18. The van der Waals surface area contributed by atoms with Gasteiger partial charge in [0.15, 0.2) is 0 Å². The number of nitrogens with zero attached hydrogens (tertiary/aromatic N) is 1. The lowest BCUT2D eigenvalue weighted by molar-refractivity contribution is -0.121. The fraction of sp³-hybridized carbons (Fsp3) is 0.333. The highest BCUT2D eigenvalue weighted by atomic mass is 16.5. The van der Waals surface area contributed by atoms with Crippen molar-refractivity contribution in [2.24, 2.45) is 0 Å². The van der Waals surface area contributed by atoms with Crippen molar-refractivity contribution in [2.75, 3.05) is 24.4 Å². The molecule has 0 aliphatic carbocycles. The van der Waals surface area contributed by atoms with Gasteiger partial charge in [0.05, 0.1) is 24.2 Å². The van der Waals surface area contributed by atoms with E-state index < -0.39 is 18.3 Å². The van der Waals surface area contributed by atoms with Crippen LogP contribution in [0.3, 0.4) is 0 Å². The summed E-state index contributed by atoms with van der Waals surface area (Å²) in [6, 6.07) is 1.77. The largest absolute Gasteiger partial charge is 0.382 e. The summed E-state index contributed by atoms with van der Waals surface area (Å²) < 4.78 is 28.2. The number of H-pyrrole nitrogens is 1. The van der Waals surface area contributed by atoms with Crippen LogP contribution in [0.1, 0.15) is 11.0 Å². The summed E-state index contributed by atoms with van der Waals surface area (Å²) in [6.45, 7) is -2.85. The number of aromatic nitrogens is 2. The number of hydrogen-bond acceptors (Lipinski definition) is 4. The van der Waals surface area contributed by atoms with Crippen LogP contribution in [-0.2, 0) is 9.53 Å². The van der Waals surface area contributed by atoms with Gasteiger partial charge in [0.2, 0.25) is 0 Å². The molecule has 0 aromatic carbocycles. The number of fused-ring (bicyclic) bond motifs is 3. The first-order valence-corrected chi connectivity index (χ1v) is 5.44. The Labute approximate surface area is 108 Å². The van der Waals surface area contributed by atoms with Crippen molar-refractivity contribution in [1.82, 2.24) is 9.97 Å². The fourth-order valence-corrected chi connectivity index (χ4v) is 2.05. The molecule has 0 spiro atoms. The third-order valence-electron chi connectivity index (χ3n) is 2.92. The molecule has 0 fully saturated rings. The first-order chi connectivity index (χ1) is 9.89. The molecule has 0 bridgehead atoms. The van der Waals surface area contributed by atoms with Crippen LogP contribution >= 0.6 is 0 Å².